The first-order valence-electron chi connectivity index (χ1n) is 9.08. The third-order valence-electron chi connectivity index (χ3n) is 4.84. The molecule has 1 fully saturated rings. The molecule has 0 aromatic heterocycles. The predicted molar refractivity (Wildman–Crippen MR) is 108 cm³/mol. The Labute approximate surface area is 165 Å². The number of benzene rings is 2. The second kappa shape index (κ2) is 9.11. The summed E-state index contributed by atoms with van der Waals surface area (Å²) in [6, 6.07) is 13.3. The van der Waals surface area contributed by atoms with E-state index in [-0.39, 0.29) is 11.8 Å². The Kier molecular flexibility index (Phi) is 6.58. The van der Waals surface area contributed by atoms with Crippen LogP contribution in [0.1, 0.15) is 18.4 Å². The summed E-state index contributed by atoms with van der Waals surface area (Å²) in [7, 11) is 3.18. The third kappa shape index (κ3) is 5.15. The second-order valence-corrected chi connectivity index (χ2v) is 7.20. The molecule has 0 saturated carbocycles. The highest BCUT2D eigenvalue weighted by Gasteiger charge is 2.26. The molecule has 0 radical (unpaired) electrons. The summed E-state index contributed by atoms with van der Waals surface area (Å²) in [6.07, 6.45) is 1.88. The van der Waals surface area contributed by atoms with Crippen LogP contribution in [0.4, 0.5) is 5.69 Å². The molecule has 2 aromatic rings. The van der Waals surface area contributed by atoms with Crippen LogP contribution in [0.3, 0.4) is 0 Å². The van der Waals surface area contributed by atoms with Crippen molar-refractivity contribution in [1.82, 2.24) is 4.90 Å². The average Bonchev–Trinajstić information content (AvgIpc) is 2.68. The van der Waals surface area contributed by atoms with E-state index >= 15 is 0 Å². The van der Waals surface area contributed by atoms with E-state index < -0.39 is 0 Å². The highest BCUT2D eigenvalue weighted by Crippen LogP contribution is 2.30. The summed E-state index contributed by atoms with van der Waals surface area (Å²) in [5, 5.41) is 3.75. The molecule has 1 N–H and O–H groups in total. The van der Waals surface area contributed by atoms with Crippen molar-refractivity contribution in [2.45, 2.75) is 19.4 Å². The SMILES string of the molecule is COc1ccc(NC(=O)C2CCCN(Cc3cccc(Cl)c3)C2)c(OC)c1. The number of anilines is 1. The summed E-state index contributed by atoms with van der Waals surface area (Å²) < 4.78 is 10.6. The maximum absolute atomic E-state index is 12.8. The lowest BCUT2D eigenvalue weighted by Gasteiger charge is -2.32. The topological polar surface area (TPSA) is 50.8 Å². The molecule has 0 spiro atoms. The van der Waals surface area contributed by atoms with Crippen molar-refractivity contribution >= 4 is 23.2 Å². The van der Waals surface area contributed by atoms with E-state index in [1.807, 2.05) is 30.3 Å². The number of nitrogens with one attached hydrogen (secondary N) is 1. The number of likely N-dealkylation sites (tertiary alicyclic amines) is 1. The van der Waals surface area contributed by atoms with E-state index in [0.29, 0.717) is 17.2 Å². The molecule has 1 amide bonds. The molecule has 1 saturated heterocycles. The number of carbonyl (C=O) groups is 1. The van der Waals surface area contributed by atoms with Crippen LogP contribution in [-0.4, -0.2) is 38.1 Å². The van der Waals surface area contributed by atoms with Crippen molar-refractivity contribution in [2.75, 3.05) is 32.6 Å². The van der Waals surface area contributed by atoms with Crippen molar-refractivity contribution in [2.24, 2.45) is 5.92 Å². The number of ether oxygens (including phenoxy) is 2. The average molecular weight is 389 g/mol. The summed E-state index contributed by atoms with van der Waals surface area (Å²) in [4.78, 5) is 15.1. The van der Waals surface area contributed by atoms with Gasteiger partial charge in [0.2, 0.25) is 5.91 Å². The Morgan fingerprint density at radius 2 is 2.07 bits per heavy atom. The smallest absolute Gasteiger partial charge is 0.228 e. The number of rotatable bonds is 6. The molecule has 0 aliphatic carbocycles. The van der Waals surface area contributed by atoms with Gasteiger partial charge >= 0.3 is 0 Å². The van der Waals surface area contributed by atoms with Crippen LogP contribution in [0.25, 0.3) is 0 Å². The van der Waals surface area contributed by atoms with Crippen LogP contribution in [0.5, 0.6) is 11.5 Å². The lowest BCUT2D eigenvalue weighted by atomic mass is 9.96. The second-order valence-electron chi connectivity index (χ2n) is 6.76. The molecule has 1 aliphatic heterocycles. The maximum atomic E-state index is 12.8. The number of piperidine rings is 1. The van der Waals surface area contributed by atoms with Crippen molar-refractivity contribution in [3.8, 4) is 11.5 Å². The van der Waals surface area contributed by atoms with Gasteiger partial charge in [0.1, 0.15) is 11.5 Å². The minimum atomic E-state index is -0.0512. The number of hydrogen-bond acceptors (Lipinski definition) is 4. The van der Waals surface area contributed by atoms with E-state index in [2.05, 4.69) is 16.3 Å². The zero-order valence-corrected chi connectivity index (χ0v) is 16.5. The fourth-order valence-corrected chi connectivity index (χ4v) is 3.66. The number of amides is 1. The molecule has 6 heteroatoms. The fraction of sp³-hybridized carbons (Fsp3) is 0.381. The van der Waals surface area contributed by atoms with Crippen molar-refractivity contribution < 1.29 is 14.3 Å². The molecule has 1 atom stereocenters. The zero-order chi connectivity index (χ0) is 19.2. The largest absolute Gasteiger partial charge is 0.497 e. The first-order chi connectivity index (χ1) is 13.1. The molecule has 0 bridgehead atoms. The molecule has 5 nitrogen and oxygen atoms in total. The molecule has 3 rings (SSSR count). The Morgan fingerprint density at radius 1 is 1.22 bits per heavy atom. The van der Waals surface area contributed by atoms with E-state index in [1.165, 1.54) is 5.56 Å². The van der Waals surface area contributed by atoms with E-state index in [0.717, 1.165) is 37.5 Å². The molecule has 27 heavy (non-hydrogen) atoms. The highest BCUT2D eigenvalue weighted by molar-refractivity contribution is 6.30. The third-order valence-corrected chi connectivity index (χ3v) is 5.07. The van der Waals surface area contributed by atoms with Crippen LogP contribution in [0.2, 0.25) is 5.02 Å². The monoisotopic (exact) mass is 388 g/mol. The summed E-state index contributed by atoms with van der Waals surface area (Å²) in [5.41, 5.74) is 1.83. The van der Waals surface area contributed by atoms with Gasteiger partial charge in [0.25, 0.3) is 0 Å². The minimum absolute atomic E-state index is 0.0225. The zero-order valence-electron chi connectivity index (χ0n) is 15.7. The van der Waals surface area contributed by atoms with Crippen LogP contribution in [0.15, 0.2) is 42.5 Å². The molecule has 2 aromatic carbocycles. The number of hydrogen-bond donors (Lipinski definition) is 1. The Balaban J connectivity index is 1.63. The standard InChI is InChI=1S/C21H25ClN2O3/c1-26-18-8-9-19(20(12-18)27-2)23-21(25)16-6-4-10-24(14-16)13-15-5-3-7-17(22)11-15/h3,5,7-9,11-12,16H,4,6,10,13-14H2,1-2H3,(H,23,25). The number of nitrogens with zero attached hydrogens (tertiary/aromatic N) is 1. The van der Waals surface area contributed by atoms with Gasteiger partial charge < -0.3 is 14.8 Å². The van der Waals surface area contributed by atoms with Crippen LogP contribution in [0, 0.1) is 5.92 Å². The van der Waals surface area contributed by atoms with Gasteiger partial charge in [0.05, 0.1) is 25.8 Å². The highest BCUT2D eigenvalue weighted by atomic mass is 35.5. The van der Waals surface area contributed by atoms with Gasteiger partial charge in [-0.1, -0.05) is 23.7 Å². The van der Waals surface area contributed by atoms with Crippen molar-refractivity contribution in [1.29, 1.82) is 0 Å². The van der Waals surface area contributed by atoms with Gasteiger partial charge in [0.15, 0.2) is 0 Å². The molecular weight excluding hydrogens is 364 g/mol. The maximum Gasteiger partial charge on any atom is 0.228 e. The summed E-state index contributed by atoms with van der Waals surface area (Å²) >= 11 is 6.08. The molecule has 144 valence electrons. The van der Waals surface area contributed by atoms with Crippen molar-refractivity contribution in [3.63, 3.8) is 0 Å². The lowest BCUT2D eigenvalue weighted by Crippen LogP contribution is -2.40. The number of halogens is 1. The Hall–Kier alpha value is -2.24. The van der Waals surface area contributed by atoms with Gasteiger partial charge in [-0.15, -0.1) is 0 Å². The molecule has 1 aliphatic rings. The van der Waals surface area contributed by atoms with E-state index in [1.54, 1.807) is 20.3 Å². The predicted octanol–water partition coefficient (Wildman–Crippen LogP) is 4.21. The van der Waals surface area contributed by atoms with Gasteiger partial charge in [-0.25, -0.2) is 0 Å². The Bertz CT molecular complexity index is 797. The summed E-state index contributed by atoms with van der Waals surface area (Å²) in [6.45, 7) is 2.52. The minimum Gasteiger partial charge on any atom is -0.497 e. The van der Waals surface area contributed by atoms with Gasteiger partial charge in [-0.2, -0.15) is 0 Å². The Morgan fingerprint density at radius 3 is 2.81 bits per heavy atom. The van der Waals surface area contributed by atoms with E-state index in [4.69, 9.17) is 21.1 Å². The van der Waals surface area contributed by atoms with Crippen LogP contribution >= 0.6 is 11.6 Å². The van der Waals surface area contributed by atoms with Crippen LogP contribution in [-0.2, 0) is 11.3 Å². The first kappa shape index (κ1) is 19.5. The quantitative estimate of drug-likeness (QED) is 0.805. The van der Waals surface area contributed by atoms with E-state index in [9.17, 15) is 4.79 Å². The molecular formula is C21H25ClN2O3. The molecule has 1 unspecified atom stereocenters. The van der Waals surface area contributed by atoms with Gasteiger partial charge in [-0.3, -0.25) is 9.69 Å². The lowest BCUT2D eigenvalue weighted by molar-refractivity contribution is -0.121. The summed E-state index contributed by atoms with van der Waals surface area (Å²) in [5.74, 6) is 1.25. The normalized spacial score (nSPS) is 17.4. The van der Waals surface area contributed by atoms with Crippen molar-refractivity contribution in [3.05, 3.63) is 53.1 Å². The van der Waals surface area contributed by atoms with Gasteiger partial charge in [0, 0.05) is 24.2 Å². The van der Waals surface area contributed by atoms with Gasteiger partial charge in [-0.05, 0) is 49.2 Å². The number of carbonyl (C=O) groups excluding carboxylic acids is 1. The fourth-order valence-electron chi connectivity index (χ4n) is 3.44. The van der Waals surface area contributed by atoms with Crippen LogP contribution < -0.4 is 14.8 Å². The first-order valence-corrected chi connectivity index (χ1v) is 9.46. The molecule has 1 heterocycles. The number of methoxy groups -OCH3 is 2.